The average Bonchev–Trinajstić information content (AvgIpc) is 2.75. The summed E-state index contributed by atoms with van der Waals surface area (Å²) < 4.78 is 0. The molecule has 2 aromatic heterocycles. The van der Waals surface area contributed by atoms with Crippen LogP contribution >= 0.6 is 23.1 Å². The number of aromatic amines is 1. The standard InChI is InChI=1S/C9H7N3O3S2/c13-8(14)6-2-1-5(17-6)4-16-7-3-10-12-9(15)11-7/h1-3H,4H2,(H,13,14)(H,11,12,15). The van der Waals surface area contributed by atoms with E-state index in [1.165, 1.54) is 29.3 Å². The predicted molar refractivity (Wildman–Crippen MR) is 63.5 cm³/mol. The molecule has 8 heteroatoms. The predicted octanol–water partition coefficient (Wildman–Crippen LogP) is 1.22. The Kier molecular flexibility index (Phi) is 3.55. The fourth-order valence-electron chi connectivity index (χ4n) is 1.08. The van der Waals surface area contributed by atoms with Crippen LogP contribution < -0.4 is 5.69 Å². The number of thioether (sulfide) groups is 1. The van der Waals surface area contributed by atoms with E-state index in [-0.39, 0.29) is 0 Å². The molecule has 6 nitrogen and oxygen atoms in total. The van der Waals surface area contributed by atoms with E-state index >= 15 is 0 Å². The van der Waals surface area contributed by atoms with Crippen molar-refractivity contribution in [3.8, 4) is 0 Å². The van der Waals surface area contributed by atoms with Gasteiger partial charge in [-0.25, -0.2) is 14.7 Å². The van der Waals surface area contributed by atoms with E-state index in [4.69, 9.17) is 5.11 Å². The molecule has 0 aliphatic rings. The van der Waals surface area contributed by atoms with Crippen molar-refractivity contribution in [1.82, 2.24) is 15.2 Å². The lowest BCUT2D eigenvalue weighted by Gasteiger charge is -1.96. The van der Waals surface area contributed by atoms with Gasteiger partial charge >= 0.3 is 11.7 Å². The number of nitrogens with one attached hydrogen (secondary N) is 1. The summed E-state index contributed by atoms with van der Waals surface area (Å²) >= 11 is 2.55. The highest BCUT2D eigenvalue weighted by Gasteiger charge is 2.07. The lowest BCUT2D eigenvalue weighted by Crippen LogP contribution is -2.11. The van der Waals surface area contributed by atoms with Gasteiger partial charge in [0, 0.05) is 10.6 Å². The summed E-state index contributed by atoms with van der Waals surface area (Å²) in [5, 5.41) is 15.1. The van der Waals surface area contributed by atoms with Gasteiger partial charge in [-0.05, 0) is 12.1 Å². The molecular formula is C9H7N3O3S2. The van der Waals surface area contributed by atoms with Crippen LogP contribution in [-0.2, 0) is 5.75 Å². The van der Waals surface area contributed by atoms with Crippen molar-refractivity contribution in [3.63, 3.8) is 0 Å². The highest BCUT2D eigenvalue weighted by Crippen LogP contribution is 2.24. The molecule has 2 N–H and O–H groups in total. The molecule has 0 aromatic carbocycles. The third kappa shape index (κ3) is 3.14. The number of carbonyl (C=O) groups is 1. The number of thiophene rings is 1. The lowest BCUT2D eigenvalue weighted by atomic mass is 10.4. The normalized spacial score (nSPS) is 10.4. The van der Waals surface area contributed by atoms with Gasteiger partial charge in [0.25, 0.3) is 0 Å². The fraction of sp³-hybridized carbons (Fsp3) is 0.111. The maximum Gasteiger partial charge on any atom is 0.362 e. The van der Waals surface area contributed by atoms with Gasteiger partial charge in [0.05, 0.1) is 6.20 Å². The monoisotopic (exact) mass is 269 g/mol. The zero-order valence-electron chi connectivity index (χ0n) is 8.41. The average molecular weight is 269 g/mol. The molecule has 2 aromatic rings. The highest BCUT2D eigenvalue weighted by atomic mass is 32.2. The number of aromatic carboxylic acids is 1. The molecule has 0 spiro atoms. The summed E-state index contributed by atoms with van der Waals surface area (Å²) in [5.41, 5.74) is -0.493. The number of rotatable bonds is 4. The van der Waals surface area contributed by atoms with Gasteiger partial charge < -0.3 is 5.11 Å². The molecule has 0 aliphatic heterocycles. The SMILES string of the molecule is O=C(O)c1ccc(CSc2cn[nH]c(=O)n2)s1. The largest absolute Gasteiger partial charge is 0.477 e. The number of aromatic nitrogens is 3. The molecule has 0 fully saturated rings. The Morgan fingerprint density at radius 3 is 3.00 bits per heavy atom. The van der Waals surface area contributed by atoms with Crippen LogP contribution in [0.4, 0.5) is 0 Å². The molecule has 0 radical (unpaired) electrons. The molecule has 0 unspecified atom stereocenters. The second kappa shape index (κ2) is 5.11. The number of carboxylic acids is 1. The van der Waals surface area contributed by atoms with Crippen molar-refractivity contribution in [3.05, 3.63) is 38.6 Å². The van der Waals surface area contributed by atoms with Gasteiger partial charge in [-0.1, -0.05) is 11.8 Å². The molecule has 0 amide bonds. The molecule has 0 saturated heterocycles. The number of carboxylic acid groups (broad SMARTS) is 1. The Bertz CT molecular complexity index is 593. The van der Waals surface area contributed by atoms with E-state index in [1.807, 2.05) is 0 Å². The third-order valence-electron chi connectivity index (χ3n) is 1.78. The summed E-state index contributed by atoms with van der Waals surface area (Å²) in [6, 6.07) is 3.31. The van der Waals surface area contributed by atoms with Crippen molar-refractivity contribution in [2.24, 2.45) is 0 Å². The van der Waals surface area contributed by atoms with Crippen molar-refractivity contribution < 1.29 is 9.90 Å². The van der Waals surface area contributed by atoms with Gasteiger partial charge in [-0.3, -0.25) is 0 Å². The second-order valence-corrected chi connectivity index (χ2v) is 5.15. The number of hydrogen-bond donors (Lipinski definition) is 2. The van der Waals surface area contributed by atoms with Crippen LogP contribution in [0, 0.1) is 0 Å². The quantitative estimate of drug-likeness (QED) is 0.810. The fourth-order valence-corrected chi connectivity index (χ4v) is 2.80. The van der Waals surface area contributed by atoms with Gasteiger partial charge in [0.15, 0.2) is 0 Å². The minimum absolute atomic E-state index is 0.303. The summed E-state index contributed by atoms with van der Waals surface area (Å²) in [6.45, 7) is 0. The smallest absolute Gasteiger partial charge is 0.362 e. The Balaban J connectivity index is 2.02. The molecule has 0 atom stereocenters. The summed E-state index contributed by atoms with van der Waals surface area (Å²) in [5.74, 6) is -0.363. The summed E-state index contributed by atoms with van der Waals surface area (Å²) in [7, 11) is 0. The lowest BCUT2D eigenvalue weighted by molar-refractivity contribution is 0.0702. The van der Waals surface area contributed by atoms with E-state index < -0.39 is 11.7 Å². The van der Waals surface area contributed by atoms with Crippen LogP contribution in [0.1, 0.15) is 14.5 Å². The Labute approximate surface area is 104 Å². The van der Waals surface area contributed by atoms with E-state index in [1.54, 1.807) is 12.1 Å². The molecule has 2 rings (SSSR count). The van der Waals surface area contributed by atoms with Crippen molar-refractivity contribution in [2.75, 3.05) is 0 Å². The number of hydrogen-bond acceptors (Lipinski definition) is 6. The van der Waals surface area contributed by atoms with Crippen molar-refractivity contribution >= 4 is 29.1 Å². The van der Waals surface area contributed by atoms with Gasteiger partial charge in [0.2, 0.25) is 0 Å². The first kappa shape index (κ1) is 11.8. The number of H-pyrrole nitrogens is 1. The first-order valence-electron chi connectivity index (χ1n) is 4.51. The molecule has 0 saturated carbocycles. The summed E-state index contributed by atoms with van der Waals surface area (Å²) in [6.07, 6.45) is 1.46. The Morgan fingerprint density at radius 1 is 1.53 bits per heavy atom. The minimum atomic E-state index is -0.929. The zero-order chi connectivity index (χ0) is 12.3. The van der Waals surface area contributed by atoms with Crippen molar-refractivity contribution in [2.45, 2.75) is 10.8 Å². The van der Waals surface area contributed by atoms with Crippen LogP contribution in [0.5, 0.6) is 0 Å². The van der Waals surface area contributed by atoms with Gasteiger partial charge in [-0.2, -0.15) is 10.1 Å². The zero-order valence-corrected chi connectivity index (χ0v) is 10.0. The molecule has 88 valence electrons. The van der Waals surface area contributed by atoms with E-state index in [9.17, 15) is 9.59 Å². The van der Waals surface area contributed by atoms with E-state index in [2.05, 4.69) is 15.2 Å². The van der Waals surface area contributed by atoms with Gasteiger partial charge in [-0.15, -0.1) is 11.3 Å². The topological polar surface area (TPSA) is 95.9 Å². The first-order chi connectivity index (χ1) is 8.15. The third-order valence-corrected chi connectivity index (χ3v) is 3.99. The van der Waals surface area contributed by atoms with Crippen LogP contribution in [0.3, 0.4) is 0 Å². The molecule has 0 bridgehead atoms. The van der Waals surface area contributed by atoms with E-state index in [0.29, 0.717) is 15.7 Å². The van der Waals surface area contributed by atoms with Gasteiger partial charge in [0.1, 0.15) is 9.90 Å². The van der Waals surface area contributed by atoms with Crippen LogP contribution in [0.2, 0.25) is 0 Å². The molecule has 17 heavy (non-hydrogen) atoms. The van der Waals surface area contributed by atoms with Crippen LogP contribution in [0.25, 0.3) is 0 Å². The maximum atomic E-state index is 10.9. The Morgan fingerprint density at radius 2 is 2.35 bits per heavy atom. The maximum absolute atomic E-state index is 10.9. The molecular weight excluding hydrogens is 262 g/mol. The van der Waals surface area contributed by atoms with E-state index in [0.717, 1.165) is 4.88 Å². The minimum Gasteiger partial charge on any atom is -0.477 e. The Hall–Kier alpha value is -1.67. The van der Waals surface area contributed by atoms with Crippen LogP contribution in [0.15, 0.2) is 28.2 Å². The van der Waals surface area contributed by atoms with Crippen LogP contribution in [-0.4, -0.2) is 26.3 Å². The summed E-state index contributed by atoms with van der Waals surface area (Å²) in [4.78, 5) is 26.5. The van der Waals surface area contributed by atoms with Crippen molar-refractivity contribution in [1.29, 1.82) is 0 Å². The number of nitrogens with zero attached hydrogens (tertiary/aromatic N) is 2. The highest BCUT2D eigenvalue weighted by molar-refractivity contribution is 7.98. The molecule has 0 aliphatic carbocycles. The molecule has 2 heterocycles. The first-order valence-corrected chi connectivity index (χ1v) is 6.32. The second-order valence-electron chi connectivity index (χ2n) is 2.98.